The van der Waals surface area contributed by atoms with Gasteiger partial charge < -0.3 is 0 Å². The summed E-state index contributed by atoms with van der Waals surface area (Å²) in [5.74, 6) is 6.37. The maximum Gasteiger partial charge on any atom is 0.150 e. The van der Waals surface area contributed by atoms with Gasteiger partial charge in [-0.3, -0.25) is 4.79 Å². The molecule has 0 radical (unpaired) electrons. The molecule has 0 saturated heterocycles. The van der Waals surface area contributed by atoms with Gasteiger partial charge in [0.25, 0.3) is 0 Å². The molecule has 0 amide bonds. The van der Waals surface area contributed by atoms with E-state index in [2.05, 4.69) is 11.8 Å². The fraction of sp³-hybridized carbons (Fsp3) is 0.182. The highest BCUT2D eigenvalue weighted by Gasteiger charge is 1.89. The van der Waals surface area contributed by atoms with Gasteiger partial charge in [0, 0.05) is 23.4 Å². The van der Waals surface area contributed by atoms with E-state index in [1.165, 1.54) is 0 Å². The van der Waals surface area contributed by atoms with Gasteiger partial charge in [0.05, 0.1) is 0 Å². The Morgan fingerprint density at radius 1 is 1.46 bits per heavy atom. The predicted octanol–water partition coefficient (Wildman–Crippen LogP) is 2.48. The number of carbonyl (C=O) groups excluding carboxylic acids is 1. The van der Waals surface area contributed by atoms with E-state index >= 15 is 0 Å². The Morgan fingerprint density at radius 2 is 2.31 bits per heavy atom. The van der Waals surface area contributed by atoms with E-state index in [-0.39, 0.29) is 0 Å². The maximum atomic E-state index is 10.4. The fourth-order valence-corrected chi connectivity index (χ4v) is 0.996. The molecular formula is C11H9ClO. The Bertz CT molecular complexity index is 347. The number of halogens is 1. The highest BCUT2D eigenvalue weighted by Crippen LogP contribution is 2.01. The Hall–Kier alpha value is -1.26. The minimum Gasteiger partial charge on any atom is -0.298 e. The average molecular weight is 193 g/mol. The first kappa shape index (κ1) is 9.83. The monoisotopic (exact) mass is 192 g/mol. The number of rotatable bonds is 2. The number of alkyl halides is 1. The van der Waals surface area contributed by atoms with Crippen LogP contribution >= 0.6 is 11.6 Å². The lowest BCUT2D eigenvalue weighted by molar-refractivity contribution is 0.112. The van der Waals surface area contributed by atoms with Crippen molar-refractivity contribution in [3.8, 4) is 11.8 Å². The van der Waals surface area contributed by atoms with Crippen LogP contribution in [0, 0.1) is 11.8 Å². The smallest absolute Gasteiger partial charge is 0.150 e. The van der Waals surface area contributed by atoms with E-state index in [1.54, 1.807) is 12.1 Å². The number of hydrogen-bond acceptors (Lipinski definition) is 1. The summed E-state index contributed by atoms with van der Waals surface area (Å²) >= 11 is 5.47. The van der Waals surface area contributed by atoms with Gasteiger partial charge in [-0.05, 0) is 12.1 Å². The van der Waals surface area contributed by atoms with Gasteiger partial charge in [-0.2, -0.15) is 0 Å². The average Bonchev–Trinajstić information content (AvgIpc) is 2.19. The van der Waals surface area contributed by atoms with Crippen molar-refractivity contribution in [2.24, 2.45) is 0 Å². The molecule has 1 aromatic rings. The fourth-order valence-electron chi connectivity index (χ4n) is 0.902. The molecule has 1 nitrogen and oxygen atoms in total. The molecule has 66 valence electrons. The summed E-state index contributed by atoms with van der Waals surface area (Å²) < 4.78 is 0. The largest absolute Gasteiger partial charge is 0.298 e. The standard InChI is InChI=1S/C11H9ClO/c12-7-2-1-4-10-5-3-6-11(8-10)9-13/h3,5-6,8-9H,2,7H2. The highest BCUT2D eigenvalue weighted by molar-refractivity contribution is 6.18. The first-order valence-electron chi connectivity index (χ1n) is 3.97. The van der Waals surface area contributed by atoms with Crippen LogP contribution in [0.3, 0.4) is 0 Å². The minimum absolute atomic E-state index is 0.542. The van der Waals surface area contributed by atoms with Gasteiger partial charge in [0.15, 0.2) is 0 Å². The second-order valence-electron chi connectivity index (χ2n) is 2.48. The lowest BCUT2D eigenvalue weighted by Crippen LogP contribution is -1.80. The molecule has 1 rings (SSSR count). The minimum atomic E-state index is 0.542. The van der Waals surface area contributed by atoms with Crippen molar-refractivity contribution in [3.05, 3.63) is 35.4 Å². The predicted molar refractivity (Wildman–Crippen MR) is 54.0 cm³/mol. The van der Waals surface area contributed by atoms with Gasteiger partial charge in [-0.25, -0.2) is 0 Å². The van der Waals surface area contributed by atoms with Crippen molar-refractivity contribution in [3.63, 3.8) is 0 Å². The molecular weight excluding hydrogens is 184 g/mol. The zero-order valence-corrected chi connectivity index (χ0v) is 7.84. The van der Waals surface area contributed by atoms with E-state index in [0.717, 1.165) is 11.8 Å². The molecule has 0 heterocycles. The van der Waals surface area contributed by atoms with Crippen LogP contribution in [-0.2, 0) is 0 Å². The quantitative estimate of drug-likeness (QED) is 0.400. The molecule has 0 aliphatic rings. The van der Waals surface area contributed by atoms with Crippen LogP contribution < -0.4 is 0 Å². The van der Waals surface area contributed by atoms with Crippen LogP contribution in [0.5, 0.6) is 0 Å². The molecule has 2 heteroatoms. The Balaban J connectivity index is 2.79. The van der Waals surface area contributed by atoms with Crippen molar-refractivity contribution in [2.45, 2.75) is 6.42 Å². The SMILES string of the molecule is O=Cc1cccc(C#CCCCl)c1. The lowest BCUT2D eigenvalue weighted by atomic mass is 10.1. The van der Waals surface area contributed by atoms with Gasteiger partial charge in [-0.1, -0.05) is 24.0 Å². The Morgan fingerprint density at radius 3 is 3.00 bits per heavy atom. The van der Waals surface area contributed by atoms with Gasteiger partial charge >= 0.3 is 0 Å². The van der Waals surface area contributed by atoms with Crippen LogP contribution in [0.15, 0.2) is 24.3 Å². The zero-order chi connectivity index (χ0) is 9.52. The van der Waals surface area contributed by atoms with E-state index < -0.39 is 0 Å². The first-order valence-corrected chi connectivity index (χ1v) is 4.50. The van der Waals surface area contributed by atoms with Crippen LogP contribution in [0.2, 0.25) is 0 Å². The van der Waals surface area contributed by atoms with E-state index in [0.29, 0.717) is 17.9 Å². The number of benzene rings is 1. The lowest BCUT2D eigenvalue weighted by Gasteiger charge is -1.90. The van der Waals surface area contributed by atoms with Crippen molar-refractivity contribution in [1.29, 1.82) is 0 Å². The number of aldehydes is 1. The molecule has 0 N–H and O–H groups in total. The molecule has 0 fully saturated rings. The summed E-state index contributed by atoms with van der Waals surface area (Å²) in [6.07, 6.45) is 1.49. The highest BCUT2D eigenvalue weighted by atomic mass is 35.5. The number of hydrogen-bond donors (Lipinski definition) is 0. The molecule has 0 aliphatic carbocycles. The summed E-state index contributed by atoms with van der Waals surface area (Å²) in [4.78, 5) is 10.4. The third-order valence-electron chi connectivity index (χ3n) is 1.47. The molecule has 0 saturated carbocycles. The Labute approximate surface area is 82.7 Å². The third-order valence-corrected chi connectivity index (χ3v) is 1.66. The molecule has 0 bridgehead atoms. The van der Waals surface area contributed by atoms with Crippen LogP contribution in [0.4, 0.5) is 0 Å². The third kappa shape index (κ3) is 3.31. The second kappa shape index (κ2) is 5.40. The van der Waals surface area contributed by atoms with Gasteiger partial charge in [0.1, 0.15) is 6.29 Å². The maximum absolute atomic E-state index is 10.4. The summed E-state index contributed by atoms with van der Waals surface area (Å²) in [6.45, 7) is 0. The number of carbonyl (C=O) groups is 1. The molecule has 0 unspecified atom stereocenters. The molecule has 1 aromatic carbocycles. The zero-order valence-electron chi connectivity index (χ0n) is 7.09. The Kier molecular flexibility index (Phi) is 4.08. The van der Waals surface area contributed by atoms with Crippen molar-refractivity contribution in [1.82, 2.24) is 0 Å². The van der Waals surface area contributed by atoms with Gasteiger partial charge in [0.2, 0.25) is 0 Å². The molecule has 0 spiro atoms. The molecule has 0 atom stereocenters. The second-order valence-corrected chi connectivity index (χ2v) is 2.86. The van der Waals surface area contributed by atoms with Crippen LogP contribution in [-0.4, -0.2) is 12.2 Å². The first-order chi connectivity index (χ1) is 6.36. The normalized spacial score (nSPS) is 8.69. The topological polar surface area (TPSA) is 17.1 Å². The van der Waals surface area contributed by atoms with Gasteiger partial charge in [-0.15, -0.1) is 11.6 Å². The summed E-state index contributed by atoms with van der Waals surface area (Å²) in [5, 5.41) is 0. The van der Waals surface area contributed by atoms with E-state index in [1.807, 2.05) is 12.1 Å². The molecule has 0 aromatic heterocycles. The van der Waals surface area contributed by atoms with E-state index in [9.17, 15) is 4.79 Å². The van der Waals surface area contributed by atoms with E-state index in [4.69, 9.17) is 11.6 Å². The van der Waals surface area contributed by atoms with Crippen LogP contribution in [0.1, 0.15) is 22.3 Å². The van der Waals surface area contributed by atoms with Crippen LogP contribution in [0.25, 0.3) is 0 Å². The molecule has 0 aliphatic heterocycles. The van der Waals surface area contributed by atoms with Crippen molar-refractivity contribution < 1.29 is 4.79 Å². The summed E-state index contributed by atoms with van der Waals surface area (Å²) in [5.41, 5.74) is 1.51. The van der Waals surface area contributed by atoms with Crippen molar-refractivity contribution >= 4 is 17.9 Å². The summed E-state index contributed by atoms with van der Waals surface area (Å²) in [6, 6.07) is 7.19. The van der Waals surface area contributed by atoms with Crippen molar-refractivity contribution in [2.75, 3.05) is 5.88 Å². The molecule has 13 heavy (non-hydrogen) atoms. The summed E-state index contributed by atoms with van der Waals surface area (Å²) in [7, 11) is 0.